The molecule has 1 fully saturated rings. The highest BCUT2D eigenvalue weighted by Gasteiger charge is 2.50. The van der Waals surface area contributed by atoms with E-state index in [9.17, 15) is 9.59 Å². The highest BCUT2D eigenvalue weighted by Crippen LogP contribution is 2.37. The number of hydrogen-bond acceptors (Lipinski definition) is 2. The number of nitrogens with zero attached hydrogens (tertiary/aromatic N) is 1. The van der Waals surface area contributed by atoms with Crippen molar-refractivity contribution in [2.24, 2.45) is 11.3 Å². The number of hydrogen-bond donors (Lipinski definition) is 0. The Morgan fingerprint density at radius 3 is 2.24 bits per heavy atom. The Morgan fingerprint density at radius 1 is 1.18 bits per heavy atom. The SMILES string of the molecule is CC1C(=O)N(Cc2ccccc2)C(=O)C1(C)C. The molecule has 17 heavy (non-hydrogen) atoms. The van der Waals surface area contributed by atoms with Gasteiger partial charge >= 0.3 is 0 Å². The Morgan fingerprint density at radius 2 is 1.76 bits per heavy atom. The predicted molar refractivity (Wildman–Crippen MR) is 64.9 cm³/mol. The van der Waals surface area contributed by atoms with E-state index in [1.807, 2.05) is 51.1 Å². The lowest BCUT2D eigenvalue weighted by molar-refractivity contribution is -0.141. The zero-order chi connectivity index (χ0) is 12.6. The third-order valence-corrected chi connectivity index (χ3v) is 3.70. The number of benzene rings is 1. The Labute approximate surface area is 101 Å². The molecule has 2 amide bonds. The summed E-state index contributed by atoms with van der Waals surface area (Å²) in [4.78, 5) is 25.6. The number of rotatable bonds is 2. The van der Waals surface area contributed by atoms with E-state index in [0.717, 1.165) is 5.56 Å². The molecule has 1 atom stereocenters. The quantitative estimate of drug-likeness (QED) is 0.732. The van der Waals surface area contributed by atoms with Crippen molar-refractivity contribution in [3.8, 4) is 0 Å². The molecule has 1 saturated heterocycles. The second kappa shape index (κ2) is 3.99. The minimum atomic E-state index is -0.578. The van der Waals surface area contributed by atoms with E-state index in [0.29, 0.717) is 6.54 Å². The number of amides is 2. The van der Waals surface area contributed by atoms with Crippen LogP contribution in [0.5, 0.6) is 0 Å². The van der Waals surface area contributed by atoms with Crippen molar-refractivity contribution in [3.05, 3.63) is 35.9 Å². The van der Waals surface area contributed by atoms with Crippen LogP contribution in [0.4, 0.5) is 0 Å². The minimum absolute atomic E-state index is 0.0659. The topological polar surface area (TPSA) is 37.4 Å². The molecule has 3 nitrogen and oxygen atoms in total. The van der Waals surface area contributed by atoms with Gasteiger partial charge in [0.05, 0.1) is 12.0 Å². The van der Waals surface area contributed by atoms with E-state index >= 15 is 0 Å². The molecule has 2 rings (SSSR count). The summed E-state index contributed by atoms with van der Waals surface area (Å²) in [6.07, 6.45) is 0. The van der Waals surface area contributed by atoms with Crippen LogP contribution in [0.1, 0.15) is 26.3 Å². The zero-order valence-electron chi connectivity index (χ0n) is 10.4. The second-order valence-corrected chi connectivity index (χ2v) is 5.16. The first kappa shape index (κ1) is 11.8. The molecule has 1 aliphatic heterocycles. The molecule has 1 aromatic rings. The van der Waals surface area contributed by atoms with Gasteiger partial charge < -0.3 is 0 Å². The highest BCUT2D eigenvalue weighted by atomic mass is 16.2. The van der Waals surface area contributed by atoms with E-state index in [2.05, 4.69) is 0 Å². The molecule has 1 unspecified atom stereocenters. The van der Waals surface area contributed by atoms with Gasteiger partial charge in [0.2, 0.25) is 11.8 Å². The smallest absolute Gasteiger partial charge is 0.235 e. The summed E-state index contributed by atoms with van der Waals surface area (Å²) < 4.78 is 0. The van der Waals surface area contributed by atoms with Crippen LogP contribution in [0.15, 0.2) is 30.3 Å². The maximum Gasteiger partial charge on any atom is 0.235 e. The molecule has 1 heterocycles. The second-order valence-electron chi connectivity index (χ2n) is 5.16. The molecule has 1 aromatic carbocycles. The van der Waals surface area contributed by atoms with Gasteiger partial charge in [0, 0.05) is 5.92 Å². The van der Waals surface area contributed by atoms with Crippen molar-refractivity contribution in [2.45, 2.75) is 27.3 Å². The summed E-state index contributed by atoms with van der Waals surface area (Å²) in [5, 5.41) is 0. The molecule has 90 valence electrons. The molecule has 3 heteroatoms. The molecule has 0 saturated carbocycles. The number of likely N-dealkylation sites (tertiary alicyclic amines) is 1. The van der Waals surface area contributed by atoms with Crippen LogP contribution in [0, 0.1) is 11.3 Å². The Balaban J connectivity index is 2.24. The molecule has 0 spiro atoms. The maximum atomic E-state index is 12.2. The number of imide groups is 1. The first-order valence-corrected chi connectivity index (χ1v) is 5.84. The lowest BCUT2D eigenvalue weighted by atomic mass is 9.82. The van der Waals surface area contributed by atoms with Crippen LogP contribution >= 0.6 is 0 Å². The summed E-state index contributed by atoms with van der Waals surface area (Å²) in [7, 11) is 0. The molecule has 0 radical (unpaired) electrons. The average Bonchev–Trinajstić information content (AvgIpc) is 2.46. The van der Waals surface area contributed by atoms with Gasteiger partial charge in [-0.15, -0.1) is 0 Å². The lowest BCUT2D eigenvalue weighted by Crippen LogP contribution is -2.32. The fourth-order valence-corrected chi connectivity index (χ4v) is 2.09. The first-order valence-electron chi connectivity index (χ1n) is 5.84. The summed E-state index contributed by atoms with van der Waals surface area (Å²) in [6, 6.07) is 9.60. The molecule has 0 aromatic heterocycles. The predicted octanol–water partition coefficient (Wildman–Crippen LogP) is 2.22. The van der Waals surface area contributed by atoms with Gasteiger partial charge in [0.15, 0.2) is 0 Å². The summed E-state index contributed by atoms with van der Waals surface area (Å²) in [5.41, 5.74) is 0.408. The van der Waals surface area contributed by atoms with E-state index in [-0.39, 0.29) is 17.7 Å². The van der Waals surface area contributed by atoms with Crippen LogP contribution in [-0.2, 0) is 16.1 Å². The monoisotopic (exact) mass is 231 g/mol. The van der Waals surface area contributed by atoms with Crippen LogP contribution in [0.2, 0.25) is 0 Å². The number of carbonyl (C=O) groups is 2. The van der Waals surface area contributed by atoms with Crippen LogP contribution in [0.25, 0.3) is 0 Å². The van der Waals surface area contributed by atoms with Crippen LogP contribution in [0.3, 0.4) is 0 Å². The van der Waals surface area contributed by atoms with Crippen molar-refractivity contribution in [3.63, 3.8) is 0 Å². The minimum Gasteiger partial charge on any atom is -0.277 e. The molecule has 1 aliphatic rings. The Hall–Kier alpha value is -1.64. The largest absolute Gasteiger partial charge is 0.277 e. The molecule has 0 bridgehead atoms. The van der Waals surface area contributed by atoms with E-state index in [1.54, 1.807) is 0 Å². The summed E-state index contributed by atoms with van der Waals surface area (Å²) in [6.45, 7) is 5.88. The van der Waals surface area contributed by atoms with Crippen molar-refractivity contribution < 1.29 is 9.59 Å². The number of carbonyl (C=O) groups excluding carboxylic acids is 2. The molecule has 0 N–H and O–H groups in total. The van der Waals surface area contributed by atoms with Crippen LogP contribution < -0.4 is 0 Å². The van der Waals surface area contributed by atoms with Crippen LogP contribution in [-0.4, -0.2) is 16.7 Å². The fourth-order valence-electron chi connectivity index (χ4n) is 2.09. The molecule has 0 aliphatic carbocycles. The molecular weight excluding hydrogens is 214 g/mol. The zero-order valence-corrected chi connectivity index (χ0v) is 10.4. The van der Waals surface area contributed by atoms with Crippen molar-refractivity contribution in [1.82, 2.24) is 4.90 Å². The Kier molecular flexibility index (Phi) is 2.77. The van der Waals surface area contributed by atoms with Gasteiger partial charge in [-0.05, 0) is 5.56 Å². The Bertz CT molecular complexity index is 451. The molecular formula is C14H17NO2. The highest BCUT2D eigenvalue weighted by molar-refractivity contribution is 6.06. The summed E-state index contributed by atoms with van der Waals surface area (Å²) >= 11 is 0. The normalized spacial score (nSPS) is 23.2. The van der Waals surface area contributed by atoms with Gasteiger partial charge in [-0.3, -0.25) is 14.5 Å². The first-order chi connectivity index (χ1) is 7.94. The van der Waals surface area contributed by atoms with Gasteiger partial charge in [0.25, 0.3) is 0 Å². The average molecular weight is 231 g/mol. The standard InChI is InChI=1S/C14H17NO2/c1-10-12(16)15(13(17)14(10,2)3)9-11-7-5-4-6-8-11/h4-8,10H,9H2,1-3H3. The van der Waals surface area contributed by atoms with E-state index in [4.69, 9.17) is 0 Å². The fraction of sp³-hybridized carbons (Fsp3) is 0.429. The van der Waals surface area contributed by atoms with Gasteiger partial charge in [-0.1, -0.05) is 51.1 Å². The lowest BCUT2D eigenvalue weighted by Gasteiger charge is -2.18. The third-order valence-electron chi connectivity index (χ3n) is 3.70. The van der Waals surface area contributed by atoms with E-state index in [1.165, 1.54) is 4.90 Å². The van der Waals surface area contributed by atoms with Crippen molar-refractivity contribution in [2.75, 3.05) is 0 Å². The van der Waals surface area contributed by atoms with Crippen molar-refractivity contribution in [1.29, 1.82) is 0 Å². The van der Waals surface area contributed by atoms with Gasteiger partial charge in [-0.25, -0.2) is 0 Å². The van der Waals surface area contributed by atoms with Gasteiger partial charge in [0.1, 0.15) is 0 Å². The van der Waals surface area contributed by atoms with E-state index < -0.39 is 5.41 Å². The van der Waals surface area contributed by atoms with Gasteiger partial charge in [-0.2, -0.15) is 0 Å². The third kappa shape index (κ3) is 1.86. The van der Waals surface area contributed by atoms with Crippen molar-refractivity contribution >= 4 is 11.8 Å². The maximum absolute atomic E-state index is 12.2. The summed E-state index contributed by atoms with van der Waals surface area (Å²) in [5.74, 6) is -0.374.